The number of likely N-dealkylation sites (N-methyl/N-ethyl adjacent to an activating group) is 1. The summed E-state index contributed by atoms with van der Waals surface area (Å²) in [5, 5.41) is 13.7. The highest BCUT2D eigenvalue weighted by Crippen LogP contribution is 2.31. The highest BCUT2D eigenvalue weighted by molar-refractivity contribution is 5.78. The van der Waals surface area contributed by atoms with Crippen LogP contribution in [0.3, 0.4) is 0 Å². The van der Waals surface area contributed by atoms with Crippen molar-refractivity contribution in [3.05, 3.63) is 0 Å². The first-order valence-electron chi connectivity index (χ1n) is 7.88. The van der Waals surface area contributed by atoms with Gasteiger partial charge in [-0.15, -0.1) is 0 Å². The molecule has 0 aromatic rings. The fourth-order valence-corrected chi connectivity index (χ4v) is 3.36. The van der Waals surface area contributed by atoms with Crippen molar-refractivity contribution in [3.63, 3.8) is 0 Å². The van der Waals surface area contributed by atoms with Gasteiger partial charge in [0, 0.05) is 32.7 Å². The van der Waals surface area contributed by atoms with Crippen LogP contribution in [0.15, 0.2) is 0 Å². The van der Waals surface area contributed by atoms with E-state index in [9.17, 15) is 9.90 Å². The topological polar surface area (TPSA) is 55.8 Å². The van der Waals surface area contributed by atoms with E-state index in [1.54, 1.807) is 0 Å². The second-order valence-electron chi connectivity index (χ2n) is 6.71. The fourth-order valence-electron chi connectivity index (χ4n) is 3.36. The van der Waals surface area contributed by atoms with Gasteiger partial charge < -0.3 is 20.2 Å². The molecule has 20 heavy (non-hydrogen) atoms. The minimum Gasteiger partial charge on any atom is -0.389 e. The molecular formula is C15H29N3O2. The molecule has 2 N–H and O–H groups in total. The second-order valence-corrected chi connectivity index (χ2v) is 6.71. The molecule has 0 spiro atoms. The SMILES string of the molecule is CC1CCCC(O)(CNCC(=O)N2CCN(C)CC2)C1. The standard InChI is InChI=1S/C15H29N3O2/c1-13-4-3-5-15(20,10-13)12-16-11-14(19)18-8-6-17(2)7-9-18/h13,16,20H,3-12H2,1-2H3. The first-order valence-corrected chi connectivity index (χ1v) is 7.88. The molecule has 5 heteroatoms. The lowest BCUT2D eigenvalue weighted by Crippen LogP contribution is -2.51. The average molecular weight is 283 g/mol. The van der Waals surface area contributed by atoms with Crippen LogP contribution in [0.4, 0.5) is 0 Å². The van der Waals surface area contributed by atoms with Crippen LogP contribution in [0.2, 0.25) is 0 Å². The van der Waals surface area contributed by atoms with E-state index in [0.717, 1.165) is 45.4 Å². The molecule has 5 nitrogen and oxygen atoms in total. The monoisotopic (exact) mass is 283 g/mol. The number of carbonyl (C=O) groups excluding carboxylic acids is 1. The third-order valence-electron chi connectivity index (χ3n) is 4.65. The summed E-state index contributed by atoms with van der Waals surface area (Å²) in [5.41, 5.74) is -0.611. The van der Waals surface area contributed by atoms with Crippen LogP contribution in [0.1, 0.15) is 32.6 Å². The molecule has 2 atom stereocenters. The number of hydrogen-bond donors (Lipinski definition) is 2. The number of aliphatic hydroxyl groups is 1. The molecule has 1 heterocycles. The Morgan fingerprint density at radius 1 is 1.35 bits per heavy atom. The summed E-state index contributed by atoms with van der Waals surface area (Å²) >= 11 is 0. The Labute approximate surface area is 122 Å². The summed E-state index contributed by atoms with van der Waals surface area (Å²) in [7, 11) is 2.08. The summed E-state index contributed by atoms with van der Waals surface area (Å²) in [6.07, 6.45) is 4.00. The molecule has 1 aliphatic heterocycles. The maximum atomic E-state index is 12.1. The zero-order valence-corrected chi connectivity index (χ0v) is 12.9. The third-order valence-corrected chi connectivity index (χ3v) is 4.65. The van der Waals surface area contributed by atoms with Crippen LogP contribution < -0.4 is 5.32 Å². The minimum absolute atomic E-state index is 0.158. The highest BCUT2D eigenvalue weighted by atomic mass is 16.3. The summed E-state index contributed by atoms with van der Waals surface area (Å²) in [6, 6.07) is 0. The molecule has 0 bridgehead atoms. The Bertz CT molecular complexity index is 329. The van der Waals surface area contributed by atoms with Gasteiger partial charge in [-0.1, -0.05) is 19.8 Å². The highest BCUT2D eigenvalue weighted by Gasteiger charge is 2.32. The van der Waals surface area contributed by atoms with Crippen LogP contribution >= 0.6 is 0 Å². The number of nitrogens with zero attached hydrogens (tertiary/aromatic N) is 2. The van der Waals surface area contributed by atoms with Gasteiger partial charge in [-0.05, 0) is 25.8 Å². The molecule has 1 aliphatic carbocycles. The van der Waals surface area contributed by atoms with E-state index in [4.69, 9.17) is 0 Å². The summed E-state index contributed by atoms with van der Waals surface area (Å²) < 4.78 is 0. The molecule has 2 unspecified atom stereocenters. The van der Waals surface area contributed by atoms with E-state index in [2.05, 4.69) is 24.2 Å². The van der Waals surface area contributed by atoms with E-state index in [-0.39, 0.29) is 5.91 Å². The maximum Gasteiger partial charge on any atom is 0.236 e. The van der Waals surface area contributed by atoms with Crippen molar-refractivity contribution in [2.24, 2.45) is 5.92 Å². The minimum atomic E-state index is -0.611. The van der Waals surface area contributed by atoms with Gasteiger partial charge in [0.1, 0.15) is 0 Å². The molecule has 2 fully saturated rings. The molecule has 1 saturated carbocycles. The number of rotatable bonds is 4. The average Bonchev–Trinajstić information content (AvgIpc) is 2.38. The predicted molar refractivity (Wildman–Crippen MR) is 79.5 cm³/mol. The van der Waals surface area contributed by atoms with Crippen molar-refractivity contribution in [1.29, 1.82) is 0 Å². The van der Waals surface area contributed by atoms with Crippen molar-refractivity contribution in [3.8, 4) is 0 Å². The van der Waals surface area contributed by atoms with Crippen molar-refractivity contribution >= 4 is 5.91 Å². The van der Waals surface area contributed by atoms with Gasteiger partial charge in [-0.2, -0.15) is 0 Å². The van der Waals surface area contributed by atoms with Crippen LogP contribution in [0.25, 0.3) is 0 Å². The van der Waals surface area contributed by atoms with Crippen LogP contribution in [-0.2, 0) is 4.79 Å². The van der Waals surface area contributed by atoms with E-state index in [1.807, 2.05) is 4.90 Å². The maximum absolute atomic E-state index is 12.1. The molecule has 2 aliphatic rings. The Morgan fingerprint density at radius 3 is 2.70 bits per heavy atom. The first-order chi connectivity index (χ1) is 9.48. The molecule has 0 aromatic heterocycles. The molecular weight excluding hydrogens is 254 g/mol. The number of piperazine rings is 1. The van der Waals surface area contributed by atoms with E-state index in [0.29, 0.717) is 19.0 Å². The smallest absolute Gasteiger partial charge is 0.236 e. The van der Waals surface area contributed by atoms with Crippen LogP contribution in [-0.4, -0.2) is 72.7 Å². The lowest BCUT2D eigenvalue weighted by atomic mass is 9.79. The molecule has 0 radical (unpaired) electrons. The molecule has 1 amide bonds. The number of nitrogens with one attached hydrogen (secondary N) is 1. The lowest BCUT2D eigenvalue weighted by molar-refractivity contribution is -0.132. The van der Waals surface area contributed by atoms with Crippen LogP contribution in [0.5, 0.6) is 0 Å². The third kappa shape index (κ3) is 4.43. The summed E-state index contributed by atoms with van der Waals surface area (Å²) in [5.74, 6) is 0.745. The van der Waals surface area contributed by atoms with Gasteiger partial charge in [0.15, 0.2) is 0 Å². The van der Waals surface area contributed by atoms with Crippen molar-refractivity contribution in [2.75, 3.05) is 46.3 Å². The Kier molecular flexibility index (Phi) is 5.41. The van der Waals surface area contributed by atoms with Gasteiger partial charge >= 0.3 is 0 Å². The van der Waals surface area contributed by atoms with Crippen molar-refractivity contribution < 1.29 is 9.90 Å². The Hall–Kier alpha value is -0.650. The summed E-state index contributed by atoms with van der Waals surface area (Å²) in [4.78, 5) is 16.2. The van der Waals surface area contributed by atoms with E-state index < -0.39 is 5.60 Å². The fraction of sp³-hybridized carbons (Fsp3) is 0.933. The molecule has 1 saturated heterocycles. The number of hydrogen-bond acceptors (Lipinski definition) is 4. The quantitative estimate of drug-likeness (QED) is 0.779. The zero-order valence-electron chi connectivity index (χ0n) is 12.9. The number of amides is 1. The Balaban J connectivity index is 1.68. The van der Waals surface area contributed by atoms with Gasteiger partial charge in [-0.25, -0.2) is 0 Å². The van der Waals surface area contributed by atoms with Crippen molar-refractivity contribution in [2.45, 2.75) is 38.2 Å². The lowest BCUT2D eigenvalue weighted by Gasteiger charge is -2.36. The second kappa shape index (κ2) is 6.87. The zero-order chi connectivity index (χ0) is 14.6. The molecule has 116 valence electrons. The van der Waals surface area contributed by atoms with E-state index >= 15 is 0 Å². The van der Waals surface area contributed by atoms with Gasteiger partial charge in [0.2, 0.25) is 5.91 Å². The van der Waals surface area contributed by atoms with Gasteiger partial charge in [-0.3, -0.25) is 4.79 Å². The number of carbonyl (C=O) groups is 1. The molecule has 2 rings (SSSR count). The summed E-state index contributed by atoms with van der Waals surface area (Å²) in [6.45, 7) is 6.62. The van der Waals surface area contributed by atoms with E-state index in [1.165, 1.54) is 6.42 Å². The van der Waals surface area contributed by atoms with Gasteiger partial charge in [0.05, 0.1) is 12.1 Å². The molecule has 0 aromatic carbocycles. The van der Waals surface area contributed by atoms with Crippen molar-refractivity contribution in [1.82, 2.24) is 15.1 Å². The normalized spacial score (nSPS) is 32.4. The largest absolute Gasteiger partial charge is 0.389 e. The van der Waals surface area contributed by atoms with Gasteiger partial charge in [0.25, 0.3) is 0 Å². The predicted octanol–water partition coefficient (Wildman–Crippen LogP) is 0.291. The first kappa shape index (κ1) is 15.7. The van der Waals surface area contributed by atoms with Crippen LogP contribution in [0, 0.1) is 5.92 Å². The Morgan fingerprint density at radius 2 is 2.05 bits per heavy atom.